The first-order valence-corrected chi connectivity index (χ1v) is 7.06. The zero-order valence-corrected chi connectivity index (χ0v) is 10.8. The first kappa shape index (κ1) is 12.2. The Hall–Kier alpha value is -0.900. The van der Waals surface area contributed by atoms with E-state index in [1.165, 1.54) is 30.5 Å². The van der Waals surface area contributed by atoms with Crippen molar-refractivity contribution in [2.75, 3.05) is 32.8 Å². The molecule has 1 aromatic rings. The lowest BCUT2D eigenvalue weighted by atomic mass is 9.90. The molecule has 0 saturated carbocycles. The minimum absolute atomic E-state index is 0.234. The van der Waals surface area contributed by atoms with Gasteiger partial charge in [0, 0.05) is 19.6 Å². The van der Waals surface area contributed by atoms with Crippen LogP contribution in [-0.4, -0.2) is 32.8 Å². The molecule has 2 atom stereocenters. The van der Waals surface area contributed by atoms with Gasteiger partial charge in [-0.3, -0.25) is 0 Å². The lowest BCUT2D eigenvalue weighted by Gasteiger charge is -2.26. The summed E-state index contributed by atoms with van der Waals surface area (Å²) in [5.41, 5.74) is 2.77. The molecule has 3 rings (SSSR count). The summed E-state index contributed by atoms with van der Waals surface area (Å²) < 4.78 is 5.77. The number of ether oxygens (including phenoxy) is 1. The van der Waals surface area contributed by atoms with Gasteiger partial charge in [-0.1, -0.05) is 24.3 Å². The lowest BCUT2D eigenvalue weighted by Crippen LogP contribution is -2.33. The minimum atomic E-state index is 0.234. The molecule has 2 saturated heterocycles. The maximum absolute atomic E-state index is 5.77. The van der Waals surface area contributed by atoms with Crippen LogP contribution in [0.15, 0.2) is 24.3 Å². The molecule has 0 bridgehead atoms. The topological polar surface area (TPSA) is 33.3 Å². The molecule has 18 heavy (non-hydrogen) atoms. The van der Waals surface area contributed by atoms with Crippen molar-refractivity contribution in [1.82, 2.24) is 10.6 Å². The Labute approximate surface area is 109 Å². The number of morpholine rings is 1. The summed E-state index contributed by atoms with van der Waals surface area (Å²) in [6, 6.07) is 9.04. The molecule has 0 aliphatic carbocycles. The highest BCUT2D eigenvalue weighted by Gasteiger charge is 2.18. The SMILES string of the molecule is c1cc(C2CNCCO2)ccc1C1CCCNC1. The Bertz CT molecular complexity index is 328. The molecule has 2 unspecified atom stereocenters. The molecule has 2 N–H and O–H groups in total. The van der Waals surface area contributed by atoms with Crippen LogP contribution in [0, 0.1) is 0 Å². The van der Waals surface area contributed by atoms with Gasteiger partial charge >= 0.3 is 0 Å². The molecule has 2 aliphatic rings. The van der Waals surface area contributed by atoms with Crippen molar-refractivity contribution in [2.45, 2.75) is 24.9 Å². The van der Waals surface area contributed by atoms with Gasteiger partial charge in [-0.05, 0) is 36.4 Å². The van der Waals surface area contributed by atoms with Gasteiger partial charge in [-0.25, -0.2) is 0 Å². The van der Waals surface area contributed by atoms with E-state index >= 15 is 0 Å². The van der Waals surface area contributed by atoms with E-state index in [-0.39, 0.29) is 6.10 Å². The van der Waals surface area contributed by atoms with Crippen LogP contribution in [-0.2, 0) is 4.74 Å². The van der Waals surface area contributed by atoms with E-state index in [0.717, 1.165) is 26.2 Å². The maximum Gasteiger partial charge on any atom is 0.0949 e. The van der Waals surface area contributed by atoms with Crippen molar-refractivity contribution in [3.63, 3.8) is 0 Å². The van der Waals surface area contributed by atoms with Gasteiger partial charge < -0.3 is 15.4 Å². The standard InChI is InChI=1S/C15H22N2O/c1-2-14(10-16-7-1)12-3-5-13(6-4-12)15-11-17-8-9-18-15/h3-6,14-17H,1-2,7-11H2. The molecule has 98 valence electrons. The van der Waals surface area contributed by atoms with Gasteiger partial charge in [0.15, 0.2) is 0 Å². The maximum atomic E-state index is 5.77. The molecule has 3 heteroatoms. The Balaban J connectivity index is 1.67. The number of piperidine rings is 1. The van der Waals surface area contributed by atoms with Crippen molar-refractivity contribution < 1.29 is 4.74 Å². The van der Waals surface area contributed by atoms with Crippen LogP contribution in [0.2, 0.25) is 0 Å². The van der Waals surface area contributed by atoms with E-state index < -0.39 is 0 Å². The molecule has 2 heterocycles. The van der Waals surface area contributed by atoms with Gasteiger partial charge in [0.05, 0.1) is 12.7 Å². The lowest BCUT2D eigenvalue weighted by molar-refractivity contribution is 0.0277. The third kappa shape index (κ3) is 2.74. The van der Waals surface area contributed by atoms with Crippen molar-refractivity contribution in [2.24, 2.45) is 0 Å². The zero-order chi connectivity index (χ0) is 12.2. The smallest absolute Gasteiger partial charge is 0.0949 e. The second-order valence-electron chi connectivity index (χ2n) is 5.27. The van der Waals surface area contributed by atoms with Crippen LogP contribution in [0.4, 0.5) is 0 Å². The summed E-state index contributed by atoms with van der Waals surface area (Å²) in [5, 5.41) is 6.85. The summed E-state index contributed by atoms with van der Waals surface area (Å²) in [5.74, 6) is 0.693. The number of rotatable bonds is 2. The van der Waals surface area contributed by atoms with Crippen LogP contribution in [0.25, 0.3) is 0 Å². The molecule has 2 fully saturated rings. The van der Waals surface area contributed by atoms with Crippen LogP contribution in [0.1, 0.15) is 36.0 Å². The molecule has 2 aliphatic heterocycles. The average molecular weight is 246 g/mol. The monoisotopic (exact) mass is 246 g/mol. The third-order valence-electron chi connectivity index (χ3n) is 4.00. The van der Waals surface area contributed by atoms with Gasteiger partial charge in [0.2, 0.25) is 0 Å². The summed E-state index contributed by atoms with van der Waals surface area (Å²) in [4.78, 5) is 0. The van der Waals surface area contributed by atoms with Crippen molar-refractivity contribution >= 4 is 0 Å². The van der Waals surface area contributed by atoms with E-state index in [1.807, 2.05) is 0 Å². The van der Waals surface area contributed by atoms with E-state index in [1.54, 1.807) is 0 Å². The first-order valence-electron chi connectivity index (χ1n) is 7.06. The Kier molecular flexibility index (Phi) is 3.93. The van der Waals surface area contributed by atoms with Gasteiger partial charge in [0.1, 0.15) is 0 Å². The number of hydrogen-bond donors (Lipinski definition) is 2. The van der Waals surface area contributed by atoms with Crippen LogP contribution in [0.5, 0.6) is 0 Å². The van der Waals surface area contributed by atoms with E-state index in [2.05, 4.69) is 34.9 Å². The Morgan fingerprint density at radius 1 is 0.944 bits per heavy atom. The fraction of sp³-hybridized carbons (Fsp3) is 0.600. The van der Waals surface area contributed by atoms with Gasteiger partial charge in [-0.15, -0.1) is 0 Å². The molecular weight excluding hydrogens is 224 g/mol. The first-order chi connectivity index (χ1) is 8.93. The highest BCUT2D eigenvalue weighted by Crippen LogP contribution is 2.25. The third-order valence-corrected chi connectivity index (χ3v) is 4.00. The second kappa shape index (κ2) is 5.83. The quantitative estimate of drug-likeness (QED) is 0.835. The number of benzene rings is 1. The van der Waals surface area contributed by atoms with Crippen LogP contribution < -0.4 is 10.6 Å². The van der Waals surface area contributed by atoms with E-state index in [0.29, 0.717) is 5.92 Å². The van der Waals surface area contributed by atoms with Gasteiger partial charge in [-0.2, -0.15) is 0 Å². The van der Waals surface area contributed by atoms with E-state index in [9.17, 15) is 0 Å². The fourth-order valence-corrected chi connectivity index (χ4v) is 2.90. The number of hydrogen-bond acceptors (Lipinski definition) is 3. The molecule has 1 aromatic carbocycles. The normalized spacial score (nSPS) is 29.1. The highest BCUT2D eigenvalue weighted by atomic mass is 16.5. The predicted molar refractivity (Wildman–Crippen MR) is 72.8 cm³/mol. The second-order valence-corrected chi connectivity index (χ2v) is 5.27. The number of nitrogens with one attached hydrogen (secondary N) is 2. The fourth-order valence-electron chi connectivity index (χ4n) is 2.90. The van der Waals surface area contributed by atoms with Crippen molar-refractivity contribution in [3.05, 3.63) is 35.4 Å². The summed E-state index contributed by atoms with van der Waals surface area (Å²) >= 11 is 0. The largest absolute Gasteiger partial charge is 0.371 e. The summed E-state index contributed by atoms with van der Waals surface area (Å²) in [6.07, 6.45) is 2.84. The summed E-state index contributed by atoms with van der Waals surface area (Å²) in [7, 11) is 0. The molecule has 3 nitrogen and oxygen atoms in total. The summed E-state index contributed by atoms with van der Waals surface area (Å²) in [6.45, 7) is 5.03. The average Bonchev–Trinajstić information content (AvgIpc) is 2.49. The molecule has 0 amide bonds. The Morgan fingerprint density at radius 2 is 1.72 bits per heavy atom. The van der Waals surface area contributed by atoms with Crippen LogP contribution in [0.3, 0.4) is 0 Å². The molecular formula is C15H22N2O. The Morgan fingerprint density at radius 3 is 2.39 bits per heavy atom. The van der Waals surface area contributed by atoms with Crippen molar-refractivity contribution in [3.8, 4) is 0 Å². The predicted octanol–water partition coefficient (Wildman–Crippen LogP) is 1.81. The highest BCUT2D eigenvalue weighted by molar-refractivity contribution is 5.27. The van der Waals surface area contributed by atoms with Gasteiger partial charge in [0.25, 0.3) is 0 Å². The zero-order valence-electron chi connectivity index (χ0n) is 10.8. The van der Waals surface area contributed by atoms with Crippen LogP contribution >= 0.6 is 0 Å². The molecule has 0 radical (unpaired) electrons. The van der Waals surface area contributed by atoms with E-state index in [4.69, 9.17) is 4.74 Å². The van der Waals surface area contributed by atoms with Crippen molar-refractivity contribution in [1.29, 1.82) is 0 Å². The molecule has 0 spiro atoms. The minimum Gasteiger partial charge on any atom is -0.371 e. The molecule has 0 aromatic heterocycles.